The third-order valence-corrected chi connectivity index (χ3v) is 5.69. The zero-order chi connectivity index (χ0) is 19.0. The van der Waals surface area contributed by atoms with Crippen LogP contribution in [0.25, 0.3) is 22.4 Å². The minimum Gasteiger partial charge on any atom is -0.349 e. The lowest BCUT2D eigenvalue weighted by atomic mass is 9.73. The summed E-state index contributed by atoms with van der Waals surface area (Å²) in [5.41, 5.74) is 3.49. The van der Waals surface area contributed by atoms with Gasteiger partial charge in [0, 0.05) is 30.5 Å². The molecule has 1 atom stereocenters. The summed E-state index contributed by atoms with van der Waals surface area (Å²) < 4.78 is 1.84. The Morgan fingerprint density at radius 2 is 2.22 bits per heavy atom. The van der Waals surface area contributed by atoms with Crippen molar-refractivity contribution in [3.63, 3.8) is 0 Å². The molecule has 1 aliphatic carbocycles. The van der Waals surface area contributed by atoms with E-state index >= 15 is 0 Å². The van der Waals surface area contributed by atoms with Crippen LogP contribution < -0.4 is 5.32 Å². The fourth-order valence-corrected chi connectivity index (χ4v) is 3.87. The minimum atomic E-state index is -0.0862. The van der Waals surface area contributed by atoms with Crippen LogP contribution in [0.3, 0.4) is 0 Å². The lowest BCUT2D eigenvalue weighted by Crippen LogP contribution is -2.46. The predicted molar refractivity (Wildman–Crippen MR) is 104 cm³/mol. The van der Waals surface area contributed by atoms with Gasteiger partial charge < -0.3 is 10.3 Å². The zero-order valence-corrected chi connectivity index (χ0v) is 16.1. The lowest BCUT2D eigenvalue weighted by molar-refractivity contribution is 0.0855. The van der Waals surface area contributed by atoms with Crippen LogP contribution in [0.5, 0.6) is 0 Å². The first-order valence-electron chi connectivity index (χ1n) is 9.66. The van der Waals surface area contributed by atoms with E-state index in [1.165, 1.54) is 6.42 Å². The third-order valence-electron chi connectivity index (χ3n) is 5.69. The third kappa shape index (κ3) is 3.34. The first kappa shape index (κ1) is 17.7. The predicted octanol–water partition coefficient (Wildman–Crippen LogP) is 3.54. The van der Waals surface area contributed by atoms with Crippen LogP contribution in [-0.4, -0.2) is 36.7 Å². The molecular formula is C20H26N6O. The molecule has 7 heteroatoms. The molecule has 0 bridgehead atoms. The molecule has 1 unspecified atom stereocenters. The normalized spacial score (nSPS) is 19.3. The molecule has 3 aromatic rings. The van der Waals surface area contributed by atoms with Gasteiger partial charge in [0.05, 0.1) is 23.7 Å². The van der Waals surface area contributed by atoms with E-state index < -0.39 is 0 Å². The van der Waals surface area contributed by atoms with E-state index in [1.54, 1.807) is 18.6 Å². The molecule has 1 saturated carbocycles. The summed E-state index contributed by atoms with van der Waals surface area (Å²) in [5, 5.41) is 7.52. The molecule has 1 aliphatic rings. The summed E-state index contributed by atoms with van der Waals surface area (Å²) in [6.45, 7) is 7.29. The molecular weight excluding hydrogens is 340 g/mol. The molecule has 1 amide bonds. The number of H-pyrrole nitrogens is 1. The first-order chi connectivity index (χ1) is 13.0. The maximum Gasteiger partial charge on any atom is 0.255 e. The Hall–Kier alpha value is -2.70. The number of nitrogens with zero attached hydrogens (tertiary/aromatic N) is 4. The topological polar surface area (TPSA) is 88.5 Å². The highest BCUT2D eigenvalue weighted by molar-refractivity contribution is 6.04. The van der Waals surface area contributed by atoms with Crippen molar-refractivity contribution in [3.8, 4) is 11.3 Å². The molecule has 142 valence electrons. The van der Waals surface area contributed by atoms with Crippen LogP contribution in [0, 0.1) is 5.41 Å². The Balaban J connectivity index is 1.63. The van der Waals surface area contributed by atoms with Gasteiger partial charge in [-0.25, -0.2) is 9.97 Å². The van der Waals surface area contributed by atoms with Crippen molar-refractivity contribution in [1.82, 2.24) is 30.0 Å². The number of carbonyl (C=O) groups is 1. The number of nitrogens with one attached hydrogen (secondary N) is 2. The van der Waals surface area contributed by atoms with E-state index in [0.717, 1.165) is 31.4 Å². The molecule has 0 aromatic carbocycles. The first-order valence-corrected chi connectivity index (χ1v) is 9.66. The largest absolute Gasteiger partial charge is 0.349 e. The van der Waals surface area contributed by atoms with Gasteiger partial charge in [-0.05, 0) is 25.2 Å². The number of aryl methyl sites for hydroxylation is 1. The fraction of sp³-hybridized carbons (Fsp3) is 0.500. The molecule has 4 rings (SSSR count). The Morgan fingerprint density at radius 3 is 2.96 bits per heavy atom. The maximum absolute atomic E-state index is 13.0. The van der Waals surface area contributed by atoms with E-state index in [-0.39, 0.29) is 17.4 Å². The summed E-state index contributed by atoms with van der Waals surface area (Å²) in [6.07, 6.45) is 11.7. The van der Waals surface area contributed by atoms with Crippen LogP contribution in [0.2, 0.25) is 0 Å². The highest BCUT2D eigenvalue weighted by atomic mass is 16.1. The van der Waals surface area contributed by atoms with Crippen LogP contribution in [-0.2, 0) is 6.54 Å². The average molecular weight is 366 g/mol. The number of amides is 1. The van der Waals surface area contributed by atoms with Crippen molar-refractivity contribution in [3.05, 3.63) is 30.4 Å². The molecule has 1 fully saturated rings. The summed E-state index contributed by atoms with van der Waals surface area (Å²) >= 11 is 0. The second-order valence-electron chi connectivity index (χ2n) is 8.00. The van der Waals surface area contributed by atoms with Crippen molar-refractivity contribution in [2.24, 2.45) is 5.41 Å². The highest BCUT2D eigenvalue weighted by Crippen LogP contribution is 2.35. The molecule has 0 saturated heterocycles. The monoisotopic (exact) mass is 366 g/mol. The van der Waals surface area contributed by atoms with E-state index in [4.69, 9.17) is 4.98 Å². The minimum absolute atomic E-state index is 0.0862. The molecule has 0 radical (unpaired) electrons. The number of hydrogen-bond donors (Lipinski definition) is 2. The second-order valence-corrected chi connectivity index (χ2v) is 8.00. The van der Waals surface area contributed by atoms with Crippen molar-refractivity contribution >= 4 is 17.1 Å². The molecule has 7 nitrogen and oxygen atoms in total. The van der Waals surface area contributed by atoms with Crippen LogP contribution >= 0.6 is 0 Å². The standard InChI is InChI=1S/C20H26N6O/c1-4-26-12-13(9-23-26)15-11-22-18-17(24-15)14(10-21-18)19(27)25-16-7-5-6-8-20(16,2)3/h9-12,16H,4-8H2,1-3H3,(H,21,22)(H,25,27). The number of aromatic nitrogens is 5. The molecule has 3 heterocycles. The van der Waals surface area contributed by atoms with Crippen LogP contribution in [0.4, 0.5) is 0 Å². The van der Waals surface area contributed by atoms with Gasteiger partial charge in [0.1, 0.15) is 5.52 Å². The SMILES string of the molecule is CCn1cc(-c2cnc3[nH]cc(C(=O)NC4CCCCC4(C)C)c3n2)cn1. The molecule has 27 heavy (non-hydrogen) atoms. The Morgan fingerprint density at radius 1 is 1.37 bits per heavy atom. The molecule has 3 aromatic heterocycles. The van der Waals surface area contributed by atoms with Gasteiger partial charge in [-0.15, -0.1) is 0 Å². The summed E-state index contributed by atoms with van der Waals surface area (Å²) in [5.74, 6) is -0.0862. The number of fused-ring (bicyclic) bond motifs is 1. The Labute approximate surface area is 158 Å². The fourth-order valence-electron chi connectivity index (χ4n) is 3.87. The number of rotatable bonds is 4. The van der Waals surface area contributed by atoms with E-state index in [2.05, 4.69) is 34.2 Å². The van der Waals surface area contributed by atoms with Gasteiger partial charge in [0.25, 0.3) is 5.91 Å². The lowest BCUT2D eigenvalue weighted by Gasteiger charge is -2.39. The van der Waals surface area contributed by atoms with E-state index in [9.17, 15) is 4.79 Å². The summed E-state index contributed by atoms with van der Waals surface area (Å²) in [4.78, 5) is 25.2. The number of hydrogen-bond acceptors (Lipinski definition) is 4. The maximum atomic E-state index is 13.0. The second kappa shape index (κ2) is 6.79. The van der Waals surface area contributed by atoms with Crippen molar-refractivity contribution in [1.29, 1.82) is 0 Å². The van der Waals surface area contributed by atoms with Crippen LogP contribution in [0.1, 0.15) is 56.8 Å². The van der Waals surface area contributed by atoms with E-state index in [0.29, 0.717) is 22.4 Å². The zero-order valence-electron chi connectivity index (χ0n) is 16.1. The van der Waals surface area contributed by atoms with Crippen LogP contribution in [0.15, 0.2) is 24.8 Å². The van der Waals surface area contributed by atoms with Gasteiger partial charge in [0.15, 0.2) is 5.65 Å². The van der Waals surface area contributed by atoms with Crippen molar-refractivity contribution < 1.29 is 4.79 Å². The Bertz CT molecular complexity index is 970. The van der Waals surface area contributed by atoms with Crippen molar-refractivity contribution in [2.45, 2.75) is 59.0 Å². The molecule has 2 N–H and O–H groups in total. The quantitative estimate of drug-likeness (QED) is 0.739. The summed E-state index contributed by atoms with van der Waals surface area (Å²) in [7, 11) is 0. The van der Waals surface area contributed by atoms with Crippen molar-refractivity contribution in [2.75, 3.05) is 0 Å². The average Bonchev–Trinajstić information content (AvgIpc) is 3.29. The highest BCUT2D eigenvalue weighted by Gasteiger charge is 2.33. The molecule has 0 aliphatic heterocycles. The summed E-state index contributed by atoms with van der Waals surface area (Å²) in [6, 6.07) is 0.183. The van der Waals surface area contributed by atoms with Gasteiger partial charge >= 0.3 is 0 Å². The smallest absolute Gasteiger partial charge is 0.255 e. The van der Waals surface area contributed by atoms with Gasteiger partial charge in [-0.3, -0.25) is 9.48 Å². The number of carbonyl (C=O) groups excluding carboxylic acids is 1. The van der Waals surface area contributed by atoms with Gasteiger partial charge in [-0.1, -0.05) is 26.7 Å². The van der Waals surface area contributed by atoms with Gasteiger partial charge in [-0.2, -0.15) is 5.10 Å². The molecule has 0 spiro atoms. The number of aromatic amines is 1. The van der Waals surface area contributed by atoms with E-state index in [1.807, 2.05) is 17.8 Å². The van der Waals surface area contributed by atoms with Gasteiger partial charge in [0.2, 0.25) is 0 Å². The Kier molecular flexibility index (Phi) is 4.45.